The summed E-state index contributed by atoms with van der Waals surface area (Å²) in [6, 6.07) is 15.2. The number of urea groups is 1. The summed E-state index contributed by atoms with van der Waals surface area (Å²) in [5, 5.41) is 4.83. The molecule has 2 amide bonds. The molecule has 1 saturated heterocycles. The van der Waals surface area contributed by atoms with Gasteiger partial charge in [0.05, 0.1) is 23.2 Å². The first-order valence-corrected chi connectivity index (χ1v) is 10.0. The summed E-state index contributed by atoms with van der Waals surface area (Å²) in [6.45, 7) is 0. The van der Waals surface area contributed by atoms with Gasteiger partial charge >= 0.3 is 6.03 Å². The molecule has 25 heavy (non-hydrogen) atoms. The van der Waals surface area contributed by atoms with E-state index >= 15 is 0 Å². The van der Waals surface area contributed by atoms with E-state index in [1.165, 1.54) is 0 Å². The van der Waals surface area contributed by atoms with Crippen molar-refractivity contribution in [1.29, 1.82) is 0 Å². The number of nitrogens with one attached hydrogen (secondary N) is 2. The number of carbonyl (C=O) groups is 1. The van der Waals surface area contributed by atoms with Crippen LogP contribution < -0.4 is 15.8 Å². The standard InChI is InChI=1S/C17H18ClN3O3S/c18-13-5-4-6-14(11-13)19-17(22)20-21(15-7-2-1-3-8-15)16-9-10-25(23,24)12-16/h1-8,11,16H,9-10,12H2,(H2,19,20,22). The molecule has 132 valence electrons. The van der Waals surface area contributed by atoms with Crippen molar-refractivity contribution < 1.29 is 13.2 Å². The lowest BCUT2D eigenvalue weighted by atomic mass is 10.2. The second kappa shape index (κ2) is 7.33. The Balaban J connectivity index is 1.77. The SMILES string of the molecule is O=C(Nc1cccc(Cl)c1)NN(c1ccccc1)C1CCS(=O)(=O)C1. The van der Waals surface area contributed by atoms with Gasteiger partial charge in [-0.25, -0.2) is 18.6 Å². The monoisotopic (exact) mass is 379 g/mol. The minimum Gasteiger partial charge on any atom is -0.307 e. The molecule has 0 aromatic heterocycles. The first-order valence-electron chi connectivity index (χ1n) is 7.81. The van der Waals surface area contributed by atoms with E-state index < -0.39 is 15.9 Å². The highest BCUT2D eigenvalue weighted by Gasteiger charge is 2.33. The summed E-state index contributed by atoms with van der Waals surface area (Å²) < 4.78 is 23.6. The molecule has 0 radical (unpaired) electrons. The molecule has 0 bridgehead atoms. The van der Waals surface area contributed by atoms with Gasteiger partial charge < -0.3 is 5.32 Å². The molecule has 1 aliphatic heterocycles. The number of anilines is 2. The fourth-order valence-corrected chi connectivity index (χ4v) is 4.66. The van der Waals surface area contributed by atoms with Gasteiger partial charge in [-0.1, -0.05) is 35.9 Å². The van der Waals surface area contributed by atoms with E-state index in [4.69, 9.17) is 11.6 Å². The van der Waals surface area contributed by atoms with Gasteiger partial charge in [-0.3, -0.25) is 5.01 Å². The molecule has 1 atom stereocenters. The highest BCUT2D eigenvalue weighted by molar-refractivity contribution is 7.91. The fraction of sp³-hybridized carbons (Fsp3) is 0.235. The van der Waals surface area contributed by atoms with Crippen molar-refractivity contribution in [3.63, 3.8) is 0 Å². The highest BCUT2D eigenvalue weighted by atomic mass is 35.5. The van der Waals surface area contributed by atoms with Gasteiger partial charge in [-0.05, 0) is 36.8 Å². The molecule has 1 heterocycles. The Morgan fingerprint density at radius 2 is 1.88 bits per heavy atom. The van der Waals surface area contributed by atoms with Crippen LogP contribution in [-0.4, -0.2) is 32.0 Å². The third-order valence-electron chi connectivity index (χ3n) is 3.91. The lowest BCUT2D eigenvalue weighted by molar-refractivity contribution is 0.250. The van der Waals surface area contributed by atoms with Crippen LogP contribution >= 0.6 is 11.6 Å². The Labute approximate surface area is 151 Å². The quantitative estimate of drug-likeness (QED) is 0.800. The Bertz CT molecular complexity index is 858. The van der Waals surface area contributed by atoms with Crippen molar-refractivity contribution in [2.24, 2.45) is 0 Å². The molecule has 2 aromatic carbocycles. The molecule has 1 fully saturated rings. The third kappa shape index (κ3) is 4.64. The minimum atomic E-state index is -3.08. The first kappa shape index (κ1) is 17.6. The van der Waals surface area contributed by atoms with Crippen molar-refractivity contribution in [2.45, 2.75) is 12.5 Å². The van der Waals surface area contributed by atoms with E-state index in [0.717, 1.165) is 5.69 Å². The van der Waals surface area contributed by atoms with E-state index in [1.807, 2.05) is 30.3 Å². The smallest absolute Gasteiger partial charge is 0.307 e. The van der Waals surface area contributed by atoms with E-state index in [2.05, 4.69) is 10.7 Å². The van der Waals surface area contributed by atoms with Crippen LogP contribution in [0.15, 0.2) is 54.6 Å². The Kier molecular flexibility index (Phi) is 5.15. The van der Waals surface area contributed by atoms with Crippen LogP contribution in [0.2, 0.25) is 5.02 Å². The van der Waals surface area contributed by atoms with Gasteiger partial charge in [0.2, 0.25) is 0 Å². The van der Waals surface area contributed by atoms with Gasteiger partial charge in [0.1, 0.15) is 0 Å². The number of hydrogen-bond donors (Lipinski definition) is 2. The second-order valence-corrected chi connectivity index (χ2v) is 8.50. The van der Waals surface area contributed by atoms with Gasteiger partial charge in [-0.15, -0.1) is 0 Å². The van der Waals surface area contributed by atoms with Crippen LogP contribution in [0, 0.1) is 0 Å². The summed E-state index contributed by atoms with van der Waals surface area (Å²) >= 11 is 5.92. The van der Waals surface area contributed by atoms with Crippen LogP contribution in [0.3, 0.4) is 0 Å². The topological polar surface area (TPSA) is 78.5 Å². The summed E-state index contributed by atoms with van der Waals surface area (Å²) in [7, 11) is -3.08. The van der Waals surface area contributed by atoms with Crippen molar-refractivity contribution in [3.05, 3.63) is 59.6 Å². The van der Waals surface area contributed by atoms with E-state index in [1.54, 1.807) is 29.3 Å². The molecule has 3 rings (SSSR count). The van der Waals surface area contributed by atoms with E-state index in [0.29, 0.717) is 17.1 Å². The predicted molar refractivity (Wildman–Crippen MR) is 99.6 cm³/mol. The van der Waals surface area contributed by atoms with Crippen molar-refractivity contribution in [2.75, 3.05) is 21.8 Å². The summed E-state index contributed by atoms with van der Waals surface area (Å²) in [5.41, 5.74) is 4.04. The molecule has 8 heteroatoms. The molecule has 6 nitrogen and oxygen atoms in total. The number of sulfone groups is 1. The number of para-hydroxylation sites is 1. The number of halogens is 1. The fourth-order valence-electron chi connectivity index (χ4n) is 2.77. The first-order chi connectivity index (χ1) is 11.9. The molecular formula is C17H18ClN3O3S. The molecule has 0 saturated carbocycles. The van der Waals surface area contributed by atoms with Crippen LogP contribution in [0.5, 0.6) is 0 Å². The lowest BCUT2D eigenvalue weighted by Gasteiger charge is -2.30. The van der Waals surface area contributed by atoms with Gasteiger partial charge in [0.15, 0.2) is 9.84 Å². The summed E-state index contributed by atoms with van der Waals surface area (Å²) in [6.07, 6.45) is 0.467. The minimum absolute atomic E-state index is 0.0132. The van der Waals surface area contributed by atoms with E-state index in [9.17, 15) is 13.2 Å². The lowest BCUT2D eigenvalue weighted by Crippen LogP contribution is -2.51. The number of hydrogen-bond acceptors (Lipinski definition) is 4. The number of amides is 2. The third-order valence-corrected chi connectivity index (χ3v) is 5.90. The molecule has 0 spiro atoms. The van der Waals surface area contributed by atoms with Crippen molar-refractivity contribution >= 4 is 38.8 Å². The van der Waals surface area contributed by atoms with Crippen molar-refractivity contribution in [3.8, 4) is 0 Å². The molecule has 1 unspecified atom stereocenters. The Morgan fingerprint density at radius 1 is 1.12 bits per heavy atom. The summed E-state index contributed by atoms with van der Waals surface area (Å²) in [4.78, 5) is 12.4. The maximum Gasteiger partial charge on any atom is 0.338 e. The van der Waals surface area contributed by atoms with Crippen LogP contribution in [0.1, 0.15) is 6.42 Å². The Hall–Kier alpha value is -2.25. The van der Waals surface area contributed by atoms with Crippen LogP contribution in [-0.2, 0) is 9.84 Å². The number of benzene rings is 2. The Morgan fingerprint density at radius 3 is 2.52 bits per heavy atom. The van der Waals surface area contributed by atoms with Gasteiger partial charge in [0.25, 0.3) is 0 Å². The zero-order valence-corrected chi connectivity index (χ0v) is 14.9. The largest absolute Gasteiger partial charge is 0.338 e. The maximum absolute atomic E-state index is 12.4. The second-order valence-electron chi connectivity index (χ2n) is 5.84. The van der Waals surface area contributed by atoms with E-state index in [-0.39, 0.29) is 17.5 Å². The number of nitrogens with zero attached hydrogens (tertiary/aromatic N) is 1. The molecule has 0 aliphatic carbocycles. The average molecular weight is 380 g/mol. The highest BCUT2D eigenvalue weighted by Crippen LogP contribution is 2.23. The zero-order chi connectivity index (χ0) is 17.9. The normalized spacial score (nSPS) is 18.5. The predicted octanol–water partition coefficient (Wildman–Crippen LogP) is 3.07. The molecular weight excluding hydrogens is 362 g/mol. The molecule has 1 aliphatic rings. The summed E-state index contributed by atoms with van der Waals surface area (Å²) in [5.74, 6) is 0.137. The van der Waals surface area contributed by atoms with Gasteiger partial charge in [0, 0.05) is 10.7 Å². The number of rotatable bonds is 4. The van der Waals surface area contributed by atoms with Crippen LogP contribution in [0.4, 0.5) is 16.2 Å². The van der Waals surface area contributed by atoms with Crippen molar-refractivity contribution in [1.82, 2.24) is 5.43 Å². The maximum atomic E-state index is 12.4. The zero-order valence-electron chi connectivity index (χ0n) is 13.4. The van der Waals surface area contributed by atoms with Gasteiger partial charge in [-0.2, -0.15) is 0 Å². The van der Waals surface area contributed by atoms with Crippen LogP contribution in [0.25, 0.3) is 0 Å². The number of carbonyl (C=O) groups excluding carboxylic acids is 1. The average Bonchev–Trinajstić information content (AvgIpc) is 2.93. The molecule has 2 aromatic rings. The number of hydrazine groups is 1. The molecule has 2 N–H and O–H groups in total.